The van der Waals surface area contributed by atoms with E-state index in [0.29, 0.717) is 27.9 Å². The van der Waals surface area contributed by atoms with Crippen LogP contribution in [0.3, 0.4) is 0 Å². The number of benzene rings is 2. The number of para-hydroxylation sites is 2. The molecule has 1 aromatic heterocycles. The van der Waals surface area contributed by atoms with Crippen molar-refractivity contribution >= 4 is 33.0 Å². The zero-order valence-corrected chi connectivity index (χ0v) is 19.8. The Labute approximate surface area is 191 Å². The number of carbonyl (C=O) groups is 1. The van der Waals surface area contributed by atoms with Gasteiger partial charge in [0.25, 0.3) is 0 Å². The molecule has 0 bridgehead atoms. The van der Waals surface area contributed by atoms with Crippen LogP contribution in [0.4, 0.5) is 5.69 Å². The molecule has 3 aromatic rings. The molecule has 1 heterocycles. The highest BCUT2D eigenvalue weighted by Gasteiger charge is 2.23. The number of thiazole rings is 1. The molecule has 0 unspecified atom stereocenters. The molecule has 0 spiro atoms. The van der Waals surface area contributed by atoms with Gasteiger partial charge >= 0.3 is 5.97 Å². The Morgan fingerprint density at radius 2 is 1.84 bits per heavy atom. The minimum atomic E-state index is -3.67. The molecule has 0 saturated heterocycles. The lowest BCUT2D eigenvalue weighted by Gasteiger charge is -2.23. The molecule has 0 aliphatic heterocycles. The Morgan fingerprint density at radius 3 is 2.50 bits per heavy atom. The van der Waals surface area contributed by atoms with Gasteiger partial charge in [-0.15, -0.1) is 11.3 Å². The fraction of sp³-hybridized carbons (Fsp3) is 0.273. The normalized spacial score (nSPS) is 11.1. The van der Waals surface area contributed by atoms with E-state index in [0.717, 1.165) is 21.7 Å². The fourth-order valence-electron chi connectivity index (χ4n) is 3.09. The van der Waals surface area contributed by atoms with Crippen LogP contribution in [0.15, 0.2) is 47.8 Å². The van der Waals surface area contributed by atoms with Gasteiger partial charge in [0.15, 0.2) is 11.5 Å². The Bertz CT molecular complexity index is 1210. The maximum absolute atomic E-state index is 12.4. The summed E-state index contributed by atoms with van der Waals surface area (Å²) >= 11 is 1.38. The van der Waals surface area contributed by atoms with Gasteiger partial charge < -0.3 is 14.2 Å². The second kappa shape index (κ2) is 10.0. The summed E-state index contributed by atoms with van der Waals surface area (Å²) < 4.78 is 41.6. The number of hydrogen-bond acceptors (Lipinski definition) is 8. The molecule has 0 saturated carbocycles. The molecule has 0 radical (unpaired) electrons. The number of esters is 1. The second-order valence-electron chi connectivity index (χ2n) is 6.90. The van der Waals surface area contributed by atoms with E-state index in [4.69, 9.17) is 14.2 Å². The Kier molecular flexibility index (Phi) is 7.37. The van der Waals surface area contributed by atoms with Crippen molar-refractivity contribution < 1.29 is 27.4 Å². The van der Waals surface area contributed by atoms with Crippen LogP contribution >= 0.6 is 11.3 Å². The van der Waals surface area contributed by atoms with Crippen LogP contribution in [0, 0.1) is 6.92 Å². The molecule has 170 valence electrons. The molecule has 32 heavy (non-hydrogen) atoms. The molecule has 0 aliphatic carbocycles. The first-order chi connectivity index (χ1) is 15.2. The lowest BCUT2D eigenvalue weighted by molar-refractivity contribution is -0.143. The van der Waals surface area contributed by atoms with E-state index in [-0.39, 0.29) is 6.61 Å². The average molecular weight is 477 g/mol. The van der Waals surface area contributed by atoms with Crippen molar-refractivity contribution in [3.8, 4) is 22.1 Å². The molecule has 0 amide bonds. The van der Waals surface area contributed by atoms with E-state index in [9.17, 15) is 13.2 Å². The lowest BCUT2D eigenvalue weighted by atomic mass is 10.2. The number of ether oxygens (including phenoxy) is 3. The highest BCUT2D eigenvalue weighted by atomic mass is 32.2. The third-order valence-corrected chi connectivity index (χ3v) is 6.67. The molecular formula is C22H24N2O6S2. The summed E-state index contributed by atoms with van der Waals surface area (Å²) in [6.45, 7) is 1.28. The monoisotopic (exact) mass is 476 g/mol. The number of carbonyl (C=O) groups excluding carboxylic acids is 1. The first-order valence-corrected chi connectivity index (χ1v) is 12.3. The van der Waals surface area contributed by atoms with Crippen molar-refractivity contribution in [2.75, 3.05) is 31.3 Å². The predicted octanol–water partition coefficient (Wildman–Crippen LogP) is 3.65. The number of methoxy groups -OCH3 is 2. The summed E-state index contributed by atoms with van der Waals surface area (Å²) in [5.74, 6) is 0.479. The molecule has 3 rings (SSSR count). The number of hydrogen-bond donors (Lipinski definition) is 0. The van der Waals surface area contributed by atoms with E-state index in [1.165, 1.54) is 11.3 Å². The van der Waals surface area contributed by atoms with Crippen LogP contribution in [0.5, 0.6) is 11.5 Å². The van der Waals surface area contributed by atoms with E-state index in [2.05, 4.69) is 4.98 Å². The van der Waals surface area contributed by atoms with Gasteiger partial charge in [0.2, 0.25) is 10.0 Å². The van der Waals surface area contributed by atoms with Crippen molar-refractivity contribution in [2.24, 2.45) is 0 Å². The van der Waals surface area contributed by atoms with Gasteiger partial charge in [-0.05, 0) is 30.7 Å². The molecule has 0 aliphatic rings. The quantitative estimate of drug-likeness (QED) is 0.435. The molecular weight excluding hydrogens is 452 g/mol. The summed E-state index contributed by atoms with van der Waals surface area (Å²) in [5.41, 5.74) is 2.48. The highest BCUT2D eigenvalue weighted by molar-refractivity contribution is 7.92. The Morgan fingerprint density at radius 1 is 1.09 bits per heavy atom. The summed E-state index contributed by atoms with van der Waals surface area (Å²) in [6, 6.07) is 12.4. The predicted molar refractivity (Wildman–Crippen MR) is 124 cm³/mol. The minimum absolute atomic E-state index is 0.0764. The average Bonchev–Trinajstić information content (AvgIpc) is 3.24. The summed E-state index contributed by atoms with van der Waals surface area (Å²) in [6.07, 6.45) is 1.06. The summed E-state index contributed by atoms with van der Waals surface area (Å²) in [7, 11) is -0.556. The van der Waals surface area contributed by atoms with E-state index in [1.807, 2.05) is 12.1 Å². The van der Waals surface area contributed by atoms with Crippen LogP contribution in [0.25, 0.3) is 10.6 Å². The van der Waals surface area contributed by atoms with Crippen LogP contribution < -0.4 is 13.8 Å². The molecule has 0 fully saturated rings. The van der Waals surface area contributed by atoms with Gasteiger partial charge in [0.05, 0.1) is 37.4 Å². The highest BCUT2D eigenvalue weighted by Crippen LogP contribution is 2.39. The molecule has 2 aromatic carbocycles. The van der Waals surface area contributed by atoms with Crippen molar-refractivity contribution in [1.29, 1.82) is 0 Å². The third-order valence-electron chi connectivity index (χ3n) is 4.62. The maximum atomic E-state index is 12.4. The third kappa shape index (κ3) is 5.38. The van der Waals surface area contributed by atoms with Gasteiger partial charge in [-0.25, -0.2) is 13.4 Å². The number of sulfonamides is 1. The second-order valence-corrected chi connectivity index (χ2v) is 9.67. The topological polar surface area (TPSA) is 95.0 Å². The molecule has 0 N–H and O–H groups in total. The van der Waals surface area contributed by atoms with Crippen LogP contribution in [-0.2, 0) is 26.2 Å². The standard InChI is InChI=1S/C22H24N2O6S2/c1-15-8-5-6-10-18(15)24(32(4,26)27)12-20(25)30-13-16-14-31-22(23-16)17-9-7-11-19(28-2)21(17)29-3/h5-11,14H,12-13H2,1-4H3. The van der Waals surface area contributed by atoms with Crippen molar-refractivity contribution in [1.82, 2.24) is 4.98 Å². The lowest BCUT2D eigenvalue weighted by Crippen LogP contribution is -2.36. The van der Waals surface area contributed by atoms with Crippen LogP contribution in [0.1, 0.15) is 11.3 Å². The van der Waals surface area contributed by atoms with Gasteiger partial charge in [-0.1, -0.05) is 24.3 Å². The largest absolute Gasteiger partial charge is 0.493 e. The fourth-order valence-corrected chi connectivity index (χ4v) is 4.82. The smallest absolute Gasteiger partial charge is 0.327 e. The van der Waals surface area contributed by atoms with E-state index < -0.39 is 22.5 Å². The Hall–Kier alpha value is -3.11. The van der Waals surface area contributed by atoms with Crippen LogP contribution in [0.2, 0.25) is 0 Å². The number of nitrogens with zero attached hydrogens (tertiary/aromatic N) is 2. The van der Waals surface area contributed by atoms with Gasteiger partial charge in [0, 0.05) is 5.38 Å². The number of aromatic nitrogens is 1. The molecule has 0 atom stereocenters. The SMILES string of the molecule is COc1cccc(-c2nc(COC(=O)CN(c3ccccc3C)S(C)(=O)=O)cs2)c1OC. The molecule has 8 nitrogen and oxygen atoms in total. The van der Waals surface area contributed by atoms with Gasteiger partial charge in [-0.2, -0.15) is 0 Å². The maximum Gasteiger partial charge on any atom is 0.327 e. The van der Waals surface area contributed by atoms with Crippen LogP contribution in [-0.4, -0.2) is 46.4 Å². The van der Waals surface area contributed by atoms with Crippen molar-refractivity contribution in [3.63, 3.8) is 0 Å². The Balaban J connectivity index is 1.71. The molecule has 10 heteroatoms. The van der Waals surface area contributed by atoms with Crippen molar-refractivity contribution in [3.05, 3.63) is 59.1 Å². The van der Waals surface area contributed by atoms with E-state index >= 15 is 0 Å². The zero-order valence-electron chi connectivity index (χ0n) is 18.2. The first-order valence-electron chi connectivity index (χ1n) is 9.59. The van der Waals surface area contributed by atoms with Gasteiger partial charge in [-0.3, -0.25) is 9.10 Å². The number of anilines is 1. The zero-order chi connectivity index (χ0) is 23.3. The summed E-state index contributed by atoms with van der Waals surface area (Å²) in [4.78, 5) is 16.9. The summed E-state index contributed by atoms with van der Waals surface area (Å²) in [5, 5.41) is 2.46. The van der Waals surface area contributed by atoms with Gasteiger partial charge in [0.1, 0.15) is 18.2 Å². The first kappa shape index (κ1) is 23.6. The number of aryl methyl sites for hydroxylation is 1. The van der Waals surface area contributed by atoms with Crippen molar-refractivity contribution in [2.45, 2.75) is 13.5 Å². The number of rotatable bonds is 9. The van der Waals surface area contributed by atoms with E-state index in [1.54, 1.807) is 56.9 Å². The minimum Gasteiger partial charge on any atom is -0.493 e.